The minimum Gasteiger partial charge on any atom is -0.497 e. The van der Waals surface area contributed by atoms with Crippen LogP contribution in [0.3, 0.4) is 0 Å². The van der Waals surface area contributed by atoms with Gasteiger partial charge in [-0.05, 0) is 24.6 Å². The number of benzene rings is 1. The van der Waals surface area contributed by atoms with Gasteiger partial charge in [0.25, 0.3) is 0 Å². The number of aryl methyl sites for hydroxylation is 1. The first-order valence-corrected chi connectivity index (χ1v) is 7.78. The Balaban J connectivity index is 1.59. The molecule has 0 saturated carbocycles. The molecule has 1 aliphatic rings. The molecule has 7 heteroatoms. The number of rotatable bonds is 5. The SMILES string of the molecule is COc1ccc(CN2CC(C(=O)Nc3cc(C)[nH]n3)CC2=O)cc1. The number of aromatic amines is 1. The van der Waals surface area contributed by atoms with Gasteiger partial charge >= 0.3 is 0 Å². The van der Waals surface area contributed by atoms with Crippen molar-refractivity contribution >= 4 is 17.6 Å². The Hall–Kier alpha value is -2.83. The lowest BCUT2D eigenvalue weighted by Gasteiger charge is -2.16. The van der Waals surface area contributed by atoms with Crippen molar-refractivity contribution in [1.29, 1.82) is 0 Å². The van der Waals surface area contributed by atoms with Gasteiger partial charge in [-0.2, -0.15) is 5.10 Å². The number of amides is 2. The fourth-order valence-electron chi connectivity index (χ4n) is 2.76. The molecule has 1 fully saturated rings. The summed E-state index contributed by atoms with van der Waals surface area (Å²) in [6.45, 7) is 2.77. The highest BCUT2D eigenvalue weighted by Crippen LogP contribution is 2.22. The topological polar surface area (TPSA) is 87.3 Å². The number of ether oxygens (including phenoxy) is 1. The van der Waals surface area contributed by atoms with Crippen LogP contribution in [0.15, 0.2) is 30.3 Å². The number of anilines is 1. The van der Waals surface area contributed by atoms with Gasteiger partial charge in [-0.3, -0.25) is 14.7 Å². The van der Waals surface area contributed by atoms with Gasteiger partial charge in [0.15, 0.2) is 5.82 Å². The molecule has 1 atom stereocenters. The van der Waals surface area contributed by atoms with Crippen LogP contribution in [0.25, 0.3) is 0 Å². The van der Waals surface area contributed by atoms with E-state index in [9.17, 15) is 9.59 Å². The molecular weight excluding hydrogens is 308 g/mol. The Morgan fingerprint density at radius 2 is 2.17 bits per heavy atom. The lowest BCUT2D eigenvalue weighted by atomic mass is 10.1. The van der Waals surface area contributed by atoms with Gasteiger partial charge in [0.1, 0.15) is 5.75 Å². The second kappa shape index (κ2) is 6.74. The Labute approximate surface area is 140 Å². The molecule has 3 rings (SSSR count). The summed E-state index contributed by atoms with van der Waals surface area (Å²) in [5.41, 5.74) is 1.88. The number of carbonyl (C=O) groups excluding carboxylic acids is 2. The number of nitrogens with one attached hydrogen (secondary N) is 2. The van der Waals surface area contributed by atoms with E-state index in [2.05, 4.69) is 15.5 Å². The smallest absolute Gasteiger partial charge is 0.230 e. The molecule has 24 heavy (non-hydrogen) atoms. The number of hydrogen-bond donors (Lipinski definition) is 2. The number of H-pyrrole nitrogens is 1. The van der Waals surface area contributed by atoms with Crippen molar-refractivity contribution in [3.8, 4) is 5.75 Å². The number of aromatic nitrogens is 2. The van der Waals surface area contributed by atoms with Crippen LogP contribution in [-0.4, -0.2) is 40.6 Å². The zero-order valence-corrected chi connectivity index (χ0v) is 13.7. The van der Waals surface area contributed by atoms with Crippen LogP contribution >= 0.6 is 0 Å². The number of nitrogens with zero attached hydrogens (tertiary/aromatic N) is 2. The van der Waals surface area contributed by atoms with E-state index in [0.717, 1.165) is 17.0 Å². The molecule has 1 aromatic heterocycles. The maximum Gasteiger partial charge on any atom is 0.230 e. The van der Waals surface area contributed by atoms with Crippen molar-refractivity contribution in [2.24, 2.45) is 5.92 Å². The van der Waals surface area contributed by atoms with E-state index >= 15 is 0 Å². The molecule has 2 heterocycles. The van der Waals surface area contributed by atoms with Crippen molar-refractivity contribution < 1.29 is 14.3 Å². The second-order valence-corrected chi connectivity index (χ2v) is 5.95. The van der Waals surface area contributed by atoms with Gasteiger partial charge in [0, 0.05) is 31.3 Å². The van der Waals surface area contributed by atoms with Crippen molar-refractivity contribution in [2.45, 2.75) is 19.9 Å². The summed E-state index contributed by atoms with van der Waals surface area (Å²) in [6, 6.07) is 9.32. The lowest BCUT2D eigenvalue weighted by molar-refractivity contribution is -0.128. The second-order valence-electron chi connectivity index (χ2n) is 5.95. The largest absolute Gasteiger partial charge is 0.497 e. The monoisotopic (exact) mass is 328 g/mol. The van der Waals surface area contributed by atoms with Crippen molar-refractivity contribution in [1.82, 2.24) is 15.1 Å². The molecular formula is C17H20N4O3. The van der Waals surface area contributed by atoms with Gasteiger partial charge < -0.3 is 15.0 Å². The molecule has 0 aliphatic carbocycles. The first-order valence-electron chi connectivity index (χ1n) is 7.78. The van der Waals surface area contributed by atoms with Crippen LogP contribution < -0.4 is 10.1 Å². The summed E-state index contributed by atoms with van der Waals surface area (Å²) in [7, 11) is 1.61. The number of likely N-dealkylation sites (tertiary alicyclic amines) is 1. The molecule has 0 spiro atoms. The third-order valence-corrected chi connectivity index (χ3v) is 4.07. The molecule has 1 unspecified atom stereocenters. The van der Waals surface area contributed by atoms with E-state index in [1.165, 1.54) is 0 Å². The third-order valence-electron chi connectivity index (χ3n) is 4.07. The highest BCUT2D eigenvalue weighted by Gasteiger charge is 2.34. The molecule has 7 nitrogen and oxygen atoms in total. The van der Waals surface area contributed by atoms with Crippen LogP contribution in [0.2, 0.25) is 0 Å². The molecule has 0 radical (unpaired) electrons. The summed E-state index contributed by atoms with van der Waals surface area (Å²) >= 11 is 0. The standard InChI is InChI=1S/C17H20N4O3/c1-11-7-15(20-19-11)18-17(23)13-8-16(22)21(10-13)9-12-3-5-14(24-2)6-4-12/h3-7,13H,8-10H2,1-2H3,(H2,18,19,20,23). The molecule has 1 aliphatic heterocycles. The Kier molecular flexibility index (Phi) is 4.50. The fraction of sp³-hybridized carbons (Fsp3) is 0.353. The predicted octanol–water partition coefficient (Wildman–Crippen LogP) is 1.71. The van der Waals surface area contributed by atoms with Crippen LogP contribution in [0.5, 0.6) is 5.75 Å². The number of carbonyl (C=O) groups is 2. The zero-order valence-electron chi connectivity index (χ0n) is 13.7. The van der Waals surface area contributed by atoms with Gasteiger partial charge in [-0.15, -0.1) is 0 Å². The van der Waals surface area contributed by atoms with Gasteiger partial charge in [-0.1, -0.05) is 12.1 Å². The average molecular weight is 328 g/mol. The van der Waals surface area contributed by atoms with E-state index in [4.69, 9.17) is 4.74 Å². The minimum absolute atomic E-state index is 0.0100. The molecule has 2 aromatic rings. The normalized spacial score (nSPS) is 17.2. The third kappa shape index (κ3) is 3.56. The Bertz CT molecular complexity index is 739. The van der Waals surface area contributed by atoms with Crippen LogP contribution in [0.4, 0.5) is 5.82 Å². The quantitative estimate of drug-likeness (QED) is 0.875. The predicted molar refractivity (Wildman–Crippen MR) is 88.5 cm³/mol. The lowest BCUT2D eigenvalue weighted by Crippen LogP contribution is -2.28. The highest BCUT2D eigenvalue weighted by atomic mass is 16.5. The maximum absolute atomic E-state index is 12.3. The average Bonchev–Trinajstić information content (AvgIpc) is 3.14. The summed E-state index contributed by atoms with van der Waals surface area (Å²) in [5, 5.41) is 9.50. The van der Waals surface area contributed by atoms with Crippen LogP contribution in [-0.2, 0) is 16.1 Å². The zero-order chi connectivity index (χ0) is 17.1. The molecule has 126 valence electrons. The fourth-order valence-corrected chi connectivity index (χ4v) is 2.76. The molecule has 1 aromatic carbocycles. The molecule has 2 amide bonds. The van der Waals surface area contributed by atoms with Gasteiger partial charge in [0.2, 0.25) is 11.8 Å². The van der Waals surface area contributed by atoms with Crippen molar-refractivity contribution in [2.75, 3.05) is 19.0 Å². The Morgan fingerprint density at radius 3 is 2.79 bits per heavy atom. The van der Waals surface area contributed by atoms with E-state index in [1.54, 1.807) is 18.1 Å². The van der Waals surface area contributed by atoms with E-state index in [0.29, 0.717) is 18.9 Å². The maximum atomic E-state index is 12.3. The van der Waals surface area contributed by atoms with Crippen molar-refractivity contribution in [3.63, 3.8) is 0 Å². The Morgan fingerprint density at radius 1 is 1.42 bits per heavy atom. The molecule has 1 saturated heterocycles. The molecule has 0 bridgehead atoms. The van der Waals surface area contributed by atoms with Crippen molar-refractivity contribution in [3.05, 3.63) is 41.6 Å². The first-order chi connectivity index (χ1) is 11.5. The van der Waals surface area contributed by atoms with Gasteiger partial charge in [-0.25, -0.2) is 0 Å². The summed E-state index contributed by atoms with van der Waals surface area (Å²) < 4.78 is 5.13. The summed E-state index contributed by atoms with van der Waals surface area (Å²) in [6.07, 6.45) is 0.228. The van der Waals surface area contributed by atoms with Crippen LogP contribution in [0, 0.1) is 12.8 Å². The highest BCUT2D eigenvalue weighted by molar-refractivity contribution is 5.96. The summed E-state index contributed by atoms with van der Waals surface area (Å²) in [5.74, 6) is 0.723. The van der Waals surface area contributed by atoms with Crippen LogP contribution in [0.1, 0.15) is 17.7 Å². The number of methoxy groups -OCH3 is 1. The summed E-state index contributed by atoms with van der Waals surface area (Å²) in [4.78, 5) is 26.2. The molecule has 2 N–H and O–H groups in total. The van der Waals surface area contributed by atoms with E-state index in [1.807, 2.05) is 31.2 Å². The first kappa shape index (κ1) is 16.0. The van der Waals surface area contributed by atoms with E-state index < -0.39 is 0 Å². The van der Waals surface area contributed by atoms with Gasteiger partial charge in [0.05, 0.1) is 13.0 Å². The van der Waals surface area contributed by atoms with E-state index in [-0.39, 0.29) is 24.2 Å². The number of hydrogen-bond acceptors (Lipinski definition) is 4. The minimum atomic E-state index is -0.354.